The van der Waals surface area contributed by atoms with Crippen molar-refractivity contribution in [2.45, 2.75) is 18.1 Å². The van der Waals surface area contributed by atoms with Gasteiger partial charge in [-0.2, -0.15) is 0 Å². The number of carbonyl (C=O) groups excluding carboxylic acids is 7. The lowest BCUT2D eigenvalue weighted by molar-refractivity contribution is -0.160. The van der Waals surface area contributed by atoms with Crippen LogP contribution in [-0.2, 0) is 28.6 Å². The van der Waals surface area contributed by atoms with Crippen LogP contribution >= 0.6 is 0 Å². The smallest absolute Gasteiger partial charge is 0.332 e. The average molecular weight is 727 g/mol. The number of rotatable bonds is 7. The number of benzene rings is 3. The van der Waals surface area contributed by atoms with Crippen molar-refractivity contribution in [3.05, 3.63) is 70.8 Å². The molecule has 0 aliphatic carbocycles. The Hall–Kier alpha value is -7.25. The second-order valence-corrected chi connectivity index (χ2v) is 10.8. The van der Waals surface area contributed by atoms with Gasteiger partial charge in [-0.25, -0.2) is 14.4 Å². The van der Waals surface area contributed by atoms with E-state index in [0.29, 0.717) is 0 Å². The van der Waals surface area contributed by atoms with E-state index in [0.717, 1.165) is 36.4 Å². The van der Waals surface area contributed by atoms with Crippen molar-refractivity contribution in [2.24, 2.45) is 0 Å². The fourth-order valence-electron chi connectivity index (χ4n) is 4.51. The van der Waals surface area contributed by atoms with Crippen LogP contribution in [0.1, 0.15) is 41.4 Å². The minimum atomic E-state index is -1.95. The zero-order valence-electron chi connectivity index (χ0n) is 26.7. The average Bonchev–Trinajstić information content (AvgIpc) is 3.11. The van der Waals surface area contributed by atoms with Gasteiger partial charge in [0.25, 0.3) is 23.6 Å². The first-order chi connectivity index (χ1) is 24.6. The number of phenolic OH excluding ortho intramolecular Hbond substituents is 6. The Labute approximate surface area is 291 Å². The first-order valence-electron chi connectivity index (χ1n) is 14.8. The molecule has 1 saturated heterocycles. The van der Waals surface area contributed by atoms with Gasteiger partial charge in [0.2, 0.25) is 0 Å². The lowest BCUT2D eigenvalue weighted by atomic mass is 10.1. The Balaban J connectivity index is 1.66. The highest BCUT2D eigenvalue weighted by atomic mass is 16.6. The largest absolute Gasteiger partial charge is 0.504 e. The Morgan fingerprint density at radius 2 is 0.904 bits per heavy atom. The van der Waals surface area contributed by atoms with Gasteiger partial charge in [0.05, 0.1) is 16.7 Å². The molecule has 3 atom stereocenters. The molecule has 4 amide bonds. The van der Waals surface area contributed by atoms with Crippen molar-refractivity contribution >= 4 is 41.5 Å². The summed E-state index contributed by atoms with van der Waals surface area (Å²) in [5.41, 5.74) is -2.02. The van der Waals surface area contributed by atoms with Crippen molar-refractivity contribution in [3.8, 4) is 34.5 Å². The number of ether oxygens (including phenoxy) is 3. The molecule has 1 heterocycles. The molecule has 3 aromatic carbocycles. The normalized spacial score (nSPS) is 17.9. The molecule has 1 aliphatic rings. The molecule has 0 bridgehead atoms. The maximum Gasteiger partial charge on any atom is 0.332 e. The Morgan fingerprint density at radius 1 is 0.538 bits per heavy atom. The van der Waals surface area contributed by atoms with Crippen LogP contribution in [-0.4, -0.2) is 117 Å². The minimum absolute atomic E-state index is 0.276. The van der Waals surface area contributed by atoms with E-state index in [1.165, 1.54) is 19.2 Å². The first kappa shape index (κ1) is 37.6. The van der Waals surface area contributed by atoms with Gasteiger partial charge < -0.3 is 66.1 Å². The van der Waals surface area contributed by atoms with Crippen molar-refractivity contribution in [1.82, 2.24) is 21.3 Å². The summed E-state index contributed by atoms with van der Waals surface area (Å²) in [4.78, 5) is 90.8. The number of cyclic esters (lactones) is 3. The molecule has 1 aliphatic heterocycles. The van der Waals surface area contributed by atoms with Crippen LogP contribution in [0.2, 0.25) is 0 Å². The van der Waals surface area contributed by atoms with E-state index in [1.807, 2.05) is 0 Å². The third-order valence-corrected chi connectivity index (χ3v) is 7.29. The van der Waals surface area contributed by atoms with Gasteiger partial charge in [-0.05, 0) is 36.4 Å². The van der Waals surface area contributed by atoms with E-state index in [-0.39, 0.29) is 5.56 Å². The summed E-state index contributed by atoms with van der Waals surface area (Å²) < 4.78 is 15.3. The second kappa shape index (κ2) is 16.0. The molecule has 1 fully saturated rings. The number of carbonyl (C=O) groups is 7. The summed E-state index contributed by atoms with van der Waals surface area (Å²) in [5.74, 6) is -13.5. The Kier molecular flexibility index (Phi) is 11.5. The molecule has 274 valence electrons. The molecular formula is C32H30N4O16. The van der Waals surface area contributed by atoms with Crippen LogP contribution in [0.25, 0.3) is 0 Å². The van der Waals surface area contributed by atoms with E-state index >= 15 is 0 Å². The van der Waals surface area contributed by atoms with Crippen LogP contribution in [0.15, 0.2) is 48.5 Å². The van der Waals surface area contributed by atoms with E-state index < -0.39 is 131 Å². The first-order valence-corrected chi connectivity index (χ1v) is 14.8. The lowest BCUT2D eigenvalue weighted by Crippen LogP contribution is -2.52. The summed E-state index contributed by atoms with van der Waals surface area (Å²) in [5, 5.41) is 68.8. The third kappa shape index (κ3) is 8.48. The van der Waals surface area contributed by atoms with E-state index in [2.05, 4.69) is 21.3 Å². The summed E-state index contributed by atoms with van der Waals surface area (Å²) >= 11 is 0. The zero-order valence-corrected chi connectivity index (χ0v) is 26.7. The topological polar surface area (TPSA) is 317 Å². The van der Waals surface area contributed by atoms with Gasteiger partial charge in [-0.15, -0.1) is 0 Å². The Morgan fingerprint density at radius 3 is 1.29 bits per heavy atom. The minimum Gasteiger partial charge on any atom is -0.504 e. The highest BCUT2D eigenvalue weighted by Crippen LogP contribution is 2.31. The van der Waals surface area contributed by atoms with Crippen LogP contribution in [0.3, 0.4) is 0 Å². The number of aromatic hydroxyl groups is 6. The van der Waals surface area contributed by atoms with E-state index in [1.54, 1.807) is 0 Å². The third-order valence-electron chi connectivity index (χ3n) is 7.29. The van der Waals surface area contributed by atoms with Gasteiger partial charge >= 0.3 is 17.9 Å². The van der Waals surface area contributed by atoms with Crippen molar-refractivity contribution in [3.63, 3.8) is 0 Å². The van der Waals surface area contributed by atoms with Gasteiger partial charge in [0.1, 0.15) is 19.8 Å². The monoisotopic (exact) mass is 726 g/mol. The van der Waals surface area contributed by atoms with E-state index in [4.69, 9.17) is 14.2 Å². The van der Waals surface area contributed by atoms with Crippen LogP contribution in [0, 0.1) is 0 Å². The highest BCUT2D eigenvalue weighted by Gasteiger charge is 2.35. The van der Waals surface area contributed by atoms with Gasteiger partial charge in [0.15, 0.2) is 52.6 Å². The van der Waals surface area contributed by atoms with Gasteiger partial charge in [-0.1, -0.05) is 12.1 Å². The summed E-state index contributed by atoms with van der Waals surface area (Å²) in [6.45, 7) is -3.02. The standard InChI is InChI=1S/C32H30N4O16/c1-33-26(43)13-8-16(25(42)22(39)9-13)29(46)36-19-12-52-31(48)17(34-27(44)14-4-2-6-20(37)23(14)40)10-50-30(47)18(11-51-32(19)49)35-28(45)15-5-3-7-21(38)24(15)41/h2-9,17-19,37-42H,10-12H2,1H3,(H,33,43)(H,34,44)(H,35,45)(H,36,46)/t17-,18-,19-/m0/s1. The molecule has 0 saturated carbocycles. The quantitative estimate of drug-likeness (QED) is 0.0762. The van der Waals surface area contributed by atoms with Crippen molar-refractivity contribution in [1.29, 1.82) is 0 Å². The fraction of sp³-hybridized carbons (Fsp3) is 0.219. The number of hydrogen-bond donors (Lipinski definition) is 10. The van der Waals surface area contributed by atoms with Crippen molar-refractivity contribution < 1.29 is 78.4 Å². The van der Waals surface area contributed by atoms with Gasteiger partial charge in [-0.3, -0.25) is 19.2 Å². The van der Waals surface area contributed by atoms with Gasteiger partial charge in [0, 0.05) is 12.6 Å². The molecule has 0 aromatic heterocycles. The number of para-hydroxylation sites is 2. The summed E-state index contributed by atoms with van der Waals surface area (Å²) in [6, 6.07) is 2.67. The maximum atomic E-state index is 13.2. The molecule has 0 spiro atoms. The number of amides is 4. The molecule has 20 heteroatoms. The van der Waals surface area contributed by atoms with E-state index in [9.17, 15) is 64.2 Å². The van der Waals surface area contributed by atoms with Crippen LogP contribution in [0.4, 0.5) is 0 Å². The predicted molar refractivity (Wildman–Crippen MR) is 169 cm³/mol. The highest BCUT2D eigenvalue weighted by molar-refractivity contribution is 6.04. The zero-order chi connectivity index (χ0) is 38.3. The number of phenols is 6. The molecule has 0 unspecified atom stereocenters. The molecule has 0 radical (unpaired) electrons. The lowest BCUT2D eigenvalue weighted by Gasteiger charge is -2.25. The van der Waals surface area contributed by atoms with Crippen LogP contribution in [0.5, 0.6) is 34.5 Å². The number of hydrogen-bond acceptors (Lipinski definition) is 16. The molecule has 4 rings (SSSR count). The molecule has 20 nitrogen and oxygen atoms in total. The summed E-state index contributed by atoms with van der Waals surface area (Å²) in [7, 11) is 1.25. The number of nitrogens with one attached hydrogen (secondary N) is 4. The van der Waals surface area contributed by atoms with Crippen molar-refractivity contribution in [2.75, 3.05) is 26.9 Å². The molecule has 10 N–H and O–H groups in total. The fourth-order valence-corrected chi connectivity index (χ4v) is 4.51. The van der Waals surface area contributed by atoms with Crippen LogP contribution < -0.4 is 21.3 Å². The second-order valence-electron chi connectivity index (χ2n) is 10.8. The molecule has 52 heavy (non-hydrogen) atoms. The predicted octanol–water partition coefficient (Wildman–Crippen LogP) is -1.38. The SMILES string of the molecule is CNC(=O)c1cc(O)c(O)c(C(=O)N[C@H]2COC(=O)[C@@H](NC(=O)c3cccc(O)c3O)COC(=O)[C@@H](NC(=O)c3cccc(O)c3O)COC2=O)c1. The molecular weight excluding hydrogens is 696 g/mol. The molecule has 3 aromatic rings. The summed E-state index contributed by atoms with van der Waals surface area (Å²) in [6.07, 6.45) is 0. The number of esters is 3. The maximum absolute atomic E-state index is 13.2. The Bertz CT molecular complexity index is 1880.